The van der Waals surface area contributed by atoms with Crippen LogP contribution in [0.4, 0.5) is 4.39 Å². The Morgan fingerprint density at radius 3 is 2.27 bits per heavy atom. The molecule has 5 heteroatoms. The molecule has 0 aliphatic rings. The van der Waals surface area contributed by atoms with Crippen LogP contribution in [0.2, 0.25) is 5.02 Å². The Hall–Kier alpha value is -2.39. The fourth-order valence-corrected chi connectivity index (χ4v) is 4.86. The minimum atomic E-state index is -0.433. The van der Waals surface area contributed by atoms with Gasteiger partial charge in [-0.1, -0.05) is 0 Å². The Labute approximate surface area is 162 Å². The second-order valence-corrected chi connectivity index (χ2v) is 8.40. The van der Waals surface area contributed by atoms with Gasteiger partial charge in [-0.3, -0.25) is 0 Å². The molecule has 0 spiro atoms. The average molecular weight is 428 g/mol. The summed E-state index contributed by atoms with van der Waals surface area (Å²) in [5, 5.41) is 4.67. The fourth-order valence-electron chi connectivity index (χ4n) is 2.70. The first kappa shape index (κ1) is 17.0. The first-order valence-electron chi connectivity index (χ1n) is 8.04. The molecule has 0 atom stereocenters. The van der Waals surface area contributed by atoms with Gasteiger partial charge < -0.3 is 0 Å². The van der Waals surface area contributed by atoms with E-state index in [-0.39, 0.29) is 20.0 Å². The van der Waals surface area contributed by atoms with Crippen molar-refractivity contribution in [2.75, 3.05) is 0 Å². The van der Waals surface area contributed by atoms with Crippen LogP contribution in [0, 0.1) is 5.82 Å². The zero-order chi connectivity index (χ0) is 17.9. The van der Waals surface area contributed by atoms with E-state index < -0.39 is 5.82 Å². The Balaban J connectivity index is 1.85. The van der Waals surface area contributed by atoms with Crippen molar-refractivity contribution >= 4 is 35.5 Å². The van der Waals surface area contributed by atoms with E-state index in [9.17, 15) is 4.39 Å². The molecule has 0 bridgehead atoms. The zero-order valence-electron chi connectivity index (χ0n) is 13.6. The number of hydrogen-bond donors (Lipinski definition) is 0. The van der Waals surface area contributed by atoms with Crippen LogP contribution in [0.25, 0.3) is 16.9 Å². The van der Waals surface area contributed by atoms with Gasteiger partial charge in [0.2, 0.25) is 0 Å². The number of rotatable bonds is 4. The summed E-state index contributed by atoms with van der Waals surface area (Å²) >= 11 is 6.09. The van der Waals surface area contributed by atoms with Crippen molar-refractivity contribution in [1.82, 2.24) is 9.78 Å². The van der Waals surface area contributed by atoms with E-state index in [0.717, 1.165) is 21.4 Å². The summed E-state index contributed by atoms with van der Waals surface area (Å²) in [5.74, 6) is -0.433. The van der Waals surface area contributed by atoms with Gasteiger partial charge in [0.15, 0.2) is 0 Å². The van der Waals surface area contributed by atoms with Crippen LogP contribution < -0.4 is 8.92 Å². The monoisotopic (exact) mass is 428 g/mol. The summed E-state index contributed by atoms with van der Waals surface area (Å²) in [6, 6.07) is 25.1. The van der Waals surface area contributed by atoms with Gasteiger partial charge in [-0.05, 0) is 0 Å². The molecule has 4 aromatic rings. The first-order valence-corrected chi connectivity index (χ1v) is 10.1. The van der Waals surface area contributed by atoms with Gasteiger partial charge in [-0.15, -0.1) is 0 Å². The number of benzene rings is 3. The van der Waals surface area contributed by atoms with Crippen molar-refractivity contribution in [3.8, 4) is 16.9 Å². The van der Waals surface area contributed by atoms with Crippen molar-refractivity contribution in [2.45, 2.75) is 0 Å². The second-order valence-electron chi connectivity index (χ2n) is 5.65. The van der Waals surface area contributed by atoms with Crippen LogP contribution in [-0.2, 0) is 0 Å². The molecule has 4 rings (SSSR count). The van der Waals surface area contributed by atoms with Crippen LogP contribution in [0.3, 0.4) is 0 Å². The van der Waals surface area contributed by atoms with Crippen molar-refractivity contribution in [2.24, 2.45) is 0 Å². The van der Waals surface area contributed by atoms with E-state index in [4.69, 9.17) is 11.6 Å². The molecule has 128 valence electrons. The van der Waals surface area contributed by atoms with E-state index in [1.165, 1.54) is 10.5 Å². The van der Waals surface area contributed by atoms with Gasteiger partial charge in [0, 0.05) is 0 Å². The van der Waals surface area contributed by atoms with Gasteiger partial charge in [0.1, 0.15) is 0 Å². The van der Waals surface area contributed by atoms with Gasteiger partial charge in [-0.2, -0.15) is 0 Å². The molecule has 0 amide bonds. The zero-order valence-corrected chi connectivity index (χ0v) is 16.1. The second kappa shape index (κ2) is 7.46. The van der Waals surface area contributed by atoms with E-state index in [1.54, 1.807) is 12.1 Å². The molecule has 0 fully saturated rings. The first-order chi connectivity index (χ1) is 12.7. The number of hydrogen-bond acceptors (Lipinski definition) is 1. The molecule has 3 aromatic carbocycles. The topological polar surface area (TPSA) is 17.8 Å². The van der Waals surface area contributed by atoms with Crippen molar-refractivity contribution < 1.29 is 4.39 Å². The Bertz CT molecular complexity index is 1030. The summed E-state index contributed by atoms with van der Waals surface area (Å²) in [6.45, 7) is 0. The Morgan fingerprint density at radius 1 is 0.885 bits per heavy atom. The van der Waals surface area contributed by atoms with Crippen molar-refractivity contribution in [3.05, 3.63) is 95.9 Å². The molecular weight excluding hydrogens is 414 g/mol. The maximum atomic E-state index is 13.6. The van der Waals surface area contributed by atoms with Gasteiger partial charge in [-0.25, -0.2) is 0 Å². The summed E-state index contributed by atoms with van der Waals surface area (Å²) < 4.78 is 17.8. The van der Waals surface area contributed by atoms with E-state index in [0.29, 0.717) is 0 Å². The summed E-state index contributed by atoms with van der Waals surface area (Å²) in [4.78, 5) is 0. The molecule has 26 heavy (non-hydrogen) atoms. The molecule has 1 aromatic heterocycles. The van der Waals surface area contributed by atoms with Crippen molar-refractivity contribution in [3.63, 3.8) is 0 Å². The SMILES string of the molecule is Fc1ccc(-n2ncc([Se]c3ccccc3)c2-c2ccccc2)cc1Cl. The molecule has 0 aliphatic carbocycles. The summed E-state index contributed by atoms with van der Waals surface area (Å²) in [6.07, 6.45) is 1.90. The quantitative estimate of drug-likeness (QED) is 0.450. The van der Waals surface area contributed by atoms with Crippen LogP contribution in [0.15, 0.2) is 85.1 Å². The molecule has 0 saturated heterocycles. The molecule has 0 unspecified atom stereocenters. The predicted octanol–water partition coefficient (Wildman–Crippen LogP) is 3.99. The van der Waals surface area contributed by atoms with Gasteiger partial charge in [0.25, 0.3) is 0 Å². The third kappa shape index (κ3) is 3.45. The van der Waals surface area contributed by atoms with E-state index in [1.807, 2.05) is 47.3 Å². The molecule has 0 radical (unpaired) electrons. The normalized spacial score (nSPS) is 10.8. The molecular formula is C21H14ClFN2Se. The molecule has 0 N–H and O–H groups in total. The van der Waals surface area contributed by atoms with E-state index in [2.05, 4.69) is 29.4 Å². The van der Waals surface area contributed by atoms with E-state index >= 15 is 0 Å². The van der Waals surface area contributed by atoms with Crippen LogP contribution in [0.5, 0.6) is 0 Å². The molecule has 0 saturated carbocycles. The third-order valence-electron chi connectivity index (χ3n) is 3.90. The van der Waals surface area contributed by atoms with Crippen LogP contribution >= 0.6 is 11.6 Å². The van der Waals surface area contributed by atoms with Gasteiger partial charge >= 0.3 is 162 Å². The van der Waals surface area contributed by atoms with Crippen LogP contribution in [-0.4, -0.2) is 24.7 Å². The standard InChI is InChI=1S/C21H14ClFN2Se/c22-18-13-16(11-12-19(18)23)25-21(15-7-3-1-4-8-15)20(14-24-25)26-17-9-5-2-6-10-17/h1-14H. The number of nitrogens with zero attached hydrogens (tertiary/aromatic N) is 2. The Morgan fingerprint density at radius 2 is 1.58 bits per heavy atom. The van der Waals surface area contributed by atoms with Crippen molar-refractivity contribution in [1.29, 1.82) is 0 Å². The van der Waals surface area contributed by atoms with Gasteiger partial charge in [0.05, 0.1) is 0 Å². The molecule has 1 heterocycles. The third-order valence-corrected chi connectivity index (χ3v) is 6.35. The minimum absolute atomic E-state index is 0.0899. The Kier molecular flexibility index (Phi) is 4.89. The predicted molar refractivity (Wildman–Crippen MR) is 105 cm³/mol. The van der Waals surface area contributed by atoms with Crippen LogP contribution in [0.1, 0.15) is 0 Å². The number of aromatic nitrogens is 2. The average Bonchev–Trinajstić information content (AvgIpc) is 3.09. The molecule has 0 aliphatic heterocycles. The summed E-state index contributed by atoms with van der Waals surface area (Å²) in [5.41, 5.74) is 2.82. The fraction of sp³-hybridized carbons (Fsp3) is 0. The molecule has 2 nitrogen and oxygen atoms in total. The number of halogens is 2. The maximum absolute atomic E-state index is 13.6. The summed E-state index contributed by atoms with van der Waals surface area (Å²) in [7, 11) is 0.